The van der Waals surface area contributed by atoms with Crippen molar-refractivity contribution in [1.82, 2.24) is 0 Å². The quantitative estimate of drug-likeness (QED) is 0.468. The van der Waals surface area contributed by atoms with Gasteiger partial charge in [-0.3, -0.25) is 0 Å². The number of carbonyl (C=O) groups is 2. The Morgan fingerprint density at radius 1 is 1.15 bits per heavy atom. The Kier molecular flexibility index (Phi) is 4.91. The lowest BCUT2D eigenvalue weighted by molar-refractivity contribution is -0.222. The van der Waals surface area contributed by atoms with Crippen molar-refractivity contribution in [1.29, 1.82) is 0 Å². The summed E-state index contributed by atoms with van der Waals surface area (Å²) in [7, 11) is 1.51. The van der Waals surface area contributed by atoms with Crippen molar-refractivity contribution in [2.75, 3.05) is 12.4 Å². The SMILES string of the molecule is COc1cc(NC=C2C(=O)OC(C)(C)OC2=O)ccc1-c1ccc(CO)o1. The highest BCUT2D eigenvalue weighted by Crippen LogP contribution is 2.34. The topological polar surface area (TPSA) is 107 Å². The molecule has 2 aromatic rings. The average Bonchev–Trinajstić information content (AvgIpc) is 3.08. The Labute approximate surface area is 155 Å². The maximum Gasteiger partial charge on any atom is 0.350 e. The van der Waals surface area contributed by atoms with E-state index in [9.17, 15) is 9.59 Å². The van der Waals surface area contributed by atoms with Crippen molar-refractivity contribution in [2.24, 2.45) is 0 Å². The summed E-state index contributed by atoms with van der Waals surface area (Å²) >= 11 is 0. The van der Waals surface area contributed by atoms with Crippen LogP contribution in [0.1, 0.15) is 19.6 Å². The van der Waals surface area contributed by atoms with E-state index >= 15 is 0 Å². The van der Waals surface area contributed by atoms with Crippen LogP contribution in [-0.2, 0) is 25.7 Å². The predicted octanol–water partition coefficient (Wildman–Crippen LogP) is 2.58. The highest BCUT2D eigenvalue weighted by atomic mass is 16.7. The average molecular weight is 373 g/mol. The van der Waals surface area contributed by atoms with E-state index in [1.54, 1.807) is 30.3 Å². The van der Waals surface area contributed by atoms with Crippen LogP contribution in [0.25, 0.3) is 11.3 Å². The number of benzene rings is 1. The summed E-state index contributed by atoms with van der Waals surface area (Å²) < 4.78 is 21.0. The molecule has 0 amide bonds. The van der Waals surface area contributed by atoms with Crippen LogP contribution in [0.3, 0.4) is 0 Å². The molecule has 1 aliphatic heterocycles. The number of carbonyl (C=O) groups excluding carboxylic acids is 2. The number of aliphatic hydroxyl groups is 1. The largest absolute Gasteiger partial charge is 0.496 e. The minimum Gasteiger partial charge on any atom is -0.496 e. The number of hydrogen-bond donors (Lipinski definition) is 2. The van der Waals surface area contributed by atoms with Crippen LogP contribution < -0.4 is 10.1 Å². The monoisotopic (exact) mass is 373 g/mol. The molecule has 1 aliphatic rings. The van der Waals surface area contributed by atoms with Crippen molar-refractivity contribution < 1.29 is 33.3 Å². The maximum absolute atomic E-state index is 11.9. The van der Waals surface area contributed by atoms with Crippen LogP contribution in [-0.4, -0.2) is 29.9 Å². The van der Waals surface area contributed by atoms with Crippen molar-refractivity contribution in [3.8, 4) is 17.1 Å². The van der Waals surface area contributed by atoms with E-state index in [1.165, 1.54) is 27.2 Å². The first-order valence-electron chi connectivity index (χ1n) is 8.14. The van der Waals surface area contributed by atoms with Crippen molar-refractivity contribution in [3.05, 3.63) is 47.9 Å². The van der Waals surface area contributed by atoms with E-state index in [4.69, 9.17) is 23.7 Å². The highest BCUT2D eigenvalue weighted by molar-refractivity contribution is 6.15. The second-order valence-corrected chi connectivity index (χ2v) is 6.22. The number of anilines is 1. The van der Waals surface area contributed by atoms with Crippen molar-refractivity contribution >= 4 is 17.6 Å². The summed E-state index contributed by atoms with van der Waals surface area (Å²) in [5.41, 5.74) is 1.02. The normalized spacial score (nSPS) is 15.8. The minimum absolute atomic E-state index is 0.196. The van der Waals surface area contributed by atoms with Gasteiger partial charge in [0.15, 0.2) is 5.57 Å². The number of rotatable bonds is 5. The van der Waals surface area contributed by atoms with Gasteiger partial charge in [0.05, 0.1) is 12.7 Å². The van der Waals surface area contributed by atoms with Crippen LogP contribution in [0.15, 0.2) is 46.5 Å². The van der Waals surface area contributed by atoms with Gasteiger partial charge in [-0.25, -0.2) is 9.59 Å². The number of esters is 2. The molecule has 0 radical (unpaired) electrons. The minimum atomic E-state index is -1.28. The maximum atomic E-state index is 11.9. The molecule has 0 saturated carbocycles. The zero-order valence-corrected chi connectivity index (χ0v) is 15.1. The lowest BCUT2D eigenvalue weighted by Crippen LogP contribution is -2.42. The molecule has 2 heterocycles. The van der Waals surface area contributed by atoms with Crippen LogP contribution in [0.2, 0.25) is 0 Å². The van der Waals surface area contributed by atoms with Crippen LogP contribution in [0.4, 0.5) is 5.69 Å². The Balaban J connectivity index is 1.82. The third-order valence-corrected chi connectivity index (χ3v) is 3.78. The van der Waals surface area contributed by atoms with Gasteiger partial charge < -0.3 is 29.1 Å². The smallest absolute Gasteiger partial charge is 0.350 e. The number of hydrogen-bond acceptors (Lipinski definition) is 8. The number of methoxy groups -OCH3 is 1. The summed E-state index contributed by atoms with van der Waals surface area (Å²) in [6, 6.07) is 8.55. The second kappa shape index (κ2) is 7.16. The second-order valence-electron chi connectivity index (χ2n) is 6.22. The van der Waals surface area contributed by atoms with E-state index in [2.05, 4.69) is 5.32 Å². The van der Waals surface area contributed by atoms with Crippen LogP contribution in [0.5, 0.6) is 5.75 Å². The lowest BCUT2D eigenvalue weighted by atomic mass is 10.1. The first-order chi connectivity index (χ1) is 12.8. The molecule has 2 N–H and O–H groups in total. The zero-order valence-electron chi connectivity index (χ0n) is 15.1. The fourth-order valence-electron chi connectivity index (χ4n) is 2.53. The molecule has 8 nitrogen and oxygen atoms in total. The fourth-order valence-corrected chi connectivity index (χ4v) is 2.53. The molecule has 1 saturated heterocycles. The molecule has 0 spiro atoms. The van der Waals surface area contributed by atoms with Crippen LogP contribution >= 0.6 is 0 Å². The molecule has 142 valence electrons. The zero-order chi connectivity index (χ0) is 19.6. The molecule has 8 heteroatoms. The van der Waals surface area contributed by atoms with Gasteiger partial charge in [0.1, 0.15) is 23.9 Å². The summed E-state index contributed by atoms with van der Waals surface area (Å²) in [6.07, 6.45) is 1.23. The van der Waals surface area contributed by atoms with Gasteiger partial charge in [0.2, 0.25) is 0 Å². The summed E-state index contributed by atoms with van der Waals surface area (Å²) in [5, 5.41) is 12.0. The molecule has 0 unspecified atom stereocenters. The molecule has 0 atom stereocenters. The lowest BCUT2D eigenvalue weighted by Gasteiger charge is -2.29. The summed E-state index contributed by atoms with van der Waals surface area (Å²) in [6.45, 7) is 2.76. The van der Waals surface area contributed by atoms with E-state index in [1.807, 2.05) is 0 Å². The molecule has 0 bridgehead atoms. The van der Waals surface area contributed by atoms with E-state index in [0.29, 0.717) is 28.5 Å². The Bertz CT molecular complexity index is 889. The van der Waals surface area contributed by atoms with Gasteiger partial charge in [0, 0.05) is 31.8 Å². The third-order valence-electron chi connectivity index (χ3n) is 3.78. The van der Waals surface area contributed by atoms with Gasteiger partial charge in [0.25, 0.3) is 5.79 Å². The van der Waals surface area contributed by atoms with E-state index in [0.717, 1.165) is 0 Å². The first kappa shape index (κ1) is 18.5. The molecule has 0 aliphatic carbocycles. The van der Waals surface area contributed by atoms with Gasteiger partial charge in [-0.2, -0.15) is 0 Å². The predicted molar refractivity (Wildman–Crippen MR) is 94.6 cm³/mol. The highest BCUT2D eigenvalue weighted by Gasteiger charge is 2.38. The number of nitrogens with one attached hydrogen (secondary N) is 1. The standard InChI is InChI=1S/C19H19NO7/c1-19(2)26-17(22)14(18(23)27-19)9-20-11-4-6-13(16(8-11)24-3)15-7-5-12(10-21)25-15/h4-9,20-21H,10H2,1-3H3. The van der Waals surface area contributed by atoms with Gasteiger partial charge in [-0.1, -0.05) is 0 Å². The van der Waals surface area contributed by atoms with Crippen molar-refractivity contribution in [2.45, 2.75) is 26.2 Å². The molecule has 1 aromatic carbocycles. The summed E-state index contributed by atoms with van der Waals surface area (Å²) in [5.74, 6) is -1.32. The van der Waals surface area contributed by atoms with Gasteiger partial charge >= 0.3 is 11.9 Å². The first-order valence-corrected chi connectivity index (χ1v) is 8.14. The Morgan fingerprint density at radius 2 is 1.85 bits per heavy atom. The molecule has 1 fully saturated rings. The molecule has 3 rings (SSSR count). The number of cyclic esters (lactones) is 2. The number of aliphatic hydroxyl groups excluding tert-OH is 1. The van der Waals surface area contributed by atoms with E-state index in [-0.39, 0.29) is 12.2 Å². The van der Waals surface area contributed by atoms with Gasteiger partial charge in [-0.05, 0) is 24.3 Å². The third kappa shape index (κ3) is 3.95. The fraction of sp³-hybridized carbons (Fsp3) is 0.263. The molecular formula is C19H19NO7. The molecular weight excluding hydrogens is 354 g/mol. The molecule has 27 heavy (non-hydrogen) atoms. The number of furan rings is 1. The molecule has 1 aromatic heterocycles. The Hall–Kier alpha value is -3.26. The van der Waals surface area contributed by atoms with Gasteiger partial charge in [-0.15, -0.1) is 0 Å². The Morgan fingerprint density at radius 3 is 2.44 bits per heavy atom. The van der Waals surface area contributed by atoms with Crippen LogP contribution in [0, 0.1) is 0 Å². The van der Waals surface area contributed by atoms with Crippen molar-refractivity contribution in [3.63, 3.8) is 0 Å². The number of ether oxygens (including phenoxy) is 3. The van der Waals surface area contributed by atoms with E-state index < -0.39 is 17.7 Å². The summed E-state index contributed by atoms with van der Waals surface area (Å²) in [4.78, 5) is 23.9.